The van der Waals surface area contributed by atoms with E-state index in [1.54, 1.807) is 42.5 Å². The highest BCUT2D eigenvalue weighted by Crippen LogP contribution is 2.32. The van der Waals surface area contributed by atoms with E-state index in [1.807, 2.05) is 60.7 Å². The van der Waals surface area contributed by atoms with Crippen LogP contribution in [0.5, 0.6) is 0 Å². The van der Waals surface area contributed by atoms with Gasteiger partial charge in [-0.3, -0.25) is 14.5 Å². The Balaban J connectivity index is 1.46. The lowest BCUT2D eigenvalue weighted by molar-refractivity contribution is -0.113. The lowest BCUT2D eigenvalue weighted by Gasteiger charge is -2.19. The van der Waals surface area contributed by atoms with Gasteiger partial charge in [0.15, 0.2) is 5.43 Å². The molecule has 2 heterocycles. The summed E-state index contributed by atoms with van der Waals surface area (Å²) in [7, 11) is 0. The smallest absolute Gasteiger partial charge is 0.282 e. The number of aliphatic imine (C=N–C) groups is 1. The van der Waals surface area contributed by atoms with E-state index < -0.39 is 0 Å². The van der Waals surface area contributed by atoms with E-state index in [-0.39, 0.29) is 17.0 Å². The molecule has 0 saturated heterocycles. The number of carbonyl (C=O) groups is 1. The second kappa shape index (κ2) is 9.78. The van der Waals surface area contributed by atoms with Crippen LogP contribution in [0.3, 0.4) is 0 Å². The molecule has 0 bridgehead atoms. The number of fused-ring (bicyclic) bond motifs is 1. The normalized spacial score (nSPS) is 14.4. The number of rotatable bonds is 4. The summed E-state index contributed by atoms with van der Waals surface area (Å²) in [5, 5.41) is 1.17. The van der Waals surface area contributed by atoms with Crippen LogP contribution in [0.2, 0.25) is 10.0 Å². The second-order valence-corrected chi connectivity index (χ2v) is 9.48. The predicted octanol–water partition coefficient (Wildman–Crippen LogP) is 7.60. The molecule has 5 nitrogen and oxygen atoms in total. The molecule has 1 aliphatic heterocycles. The molecule has 0 fully saturated rings. The summed E-state index contributed by atoms with van der Waals surface area (Å²) in [6.45, 7) is 0. The predicted molar refractivity (Wildman–Crippen MR) is 153 cm³/mol. The van der Waals surface area contributed by atoms with Crippen molar-refractivity contribution in [3.8, 4) is 11.3 Å². The number of benzene rings is 4. The highest BCUT2D eigenvalue weighted by Gasteiger charge is 2.32. The van der Waals surface area contributed by atoms with Crippen molar-refractivity contribution in [2.45, 2.75) is 0 Å². The first kappa shape index (κ1) is 23.9. The van der Waals surface area contributed by atoms with E-state index >= 15 is 0 Å². The summed E-state index contributed by atoms with van der Waals surface area (Å²) in [5.41, 5.74) is 3.20. The molecule has 38 heavy (non-hydrogen) atoms. The Labute approximate surface area is 227 Å². The molecule has 5 aromatic rings. The Morgan fingerprint density at radius 2 is 1.45 bits per heavy atom. The van der Waals surface area contributed by atoms with Crippen molar-refractivity contribution in [3.05, 3.63) is 140 Å². The molecule has 0 spiro atoms. The monoisotopic (exact) mass is 536 g/mol. The minimum atomic E-state index is -0.334. The van der Waals surface area contributed by atoms with E-state index in [0.29, 0.717) is 43.9 Å². The van der Waals surface area contributed by atoms with Crippen LogP contribution in [-0.4, -0.2) is 11.7 Å². The average Bonchev–Trinajstić information content (AvgIpc) is 3.27. The molecule has 0 aliphatic carbocycles. The summed E-state index contributed by atoms with van der Waals surface area (Å²) in [6, 6.07) is 30.5. The van der Waals surface area contributed by atoms with Crippen molar-refractivity contribution >= 4 is 57.7 Å². The molecule has 0 saturated carbocycles. The average molecular weight is 537 g/mol. The highest BCUT2D eigenvalue weighted by atomic mass is 35.5. The minimum absolute atomic E-state index is 0.205. The lowest BCUT2D eigenvalue weighted by atomic mass is 10.1. The maximum atomic E-state index is 13.7. The molecule has 6 rings (SSSR count). The largest absolute Gasteiger partial charge is 0.456 e. The maximum Gasteiger partial charge on any atom is 0.282 e. The van der Waals surface area contributed by atoms with E-state index in [1.165, 1.54) is 11.0 Å². The van der Waals surface area contributed by atoms with Gasteiger partial charge in [-0.25, -0.2) is 4.99 Å². The zero-order valence-electron chi connectivity index (χ0n) is 19.8. The molecule has 1 amide bonds. The van der Waals surface area contributed by atoms with E-state index in [4.69, 9.17) is 27.6 Å². The van der Waals surface area contributed by atoms with Crippen LogP contribution in [0.4, 0.5) is 5.69 Å². The Morgan fingerprint density at radius 3 is 2.16 bits per heavy atom. The van der Waals surface area contributed by atoms with Gasteiger partial charge >= 0.3 is 0 Å². The number of hydrogen-bond donors (Lipinski definition) is 0. The number of anilines is 1. The van der Waals surface area contributed by atoms with Gasteiger partial charge in [-0.2, -0.15) is 0 Å². The van der Waals surface area contributed by atoms with Crippen molar-refractivity contribution in [1.29, 1.82) is 0 Å². The summed E-state index contributed by atoms with van der Waals surface area (Å²) < 4.78 is 6.04. The number of nitrogens with zero attached hydrogens (tertiary/aromatic N) is 2. The molecule has 184 valence electrons. The molecular formula is C31H18Cl2N2O3. The fourth-order valence-electron chi connectivity index (χ4n) is 4.33. The molecule has 0 radical (unpaired) electrons. The number of carbonyl (C=O) groups excluding carboxylic acids is 1. The van der Waals surface area contributed by atoms with Gasteiger partial charge < -0.3 is 4.42 Å². The third-order valence-electron chi connectivity index (χ3n) is 6.17. The summed E-state index contributed by atoms with van der Waals surface area (Å²) >= 11 is 12.2. The number of amidine groups is 1. The van der Waals surface area contributed by atoms with Crippen LogP contribution >= 0.6 is 23.2 Å². The second-order valence-electron chi connectivity index (χ2n) is 8.67. The molecule has 4 aromatic carbocycles. The van der Waals surface area contributed by atoms with E-state index in [0.717, 1.165) is 11.1 Å². The molecule has 7 heteroatoms. The molecule has 0 atom stereocenters. The Morgan fingerprint density at radius 1 is 0.737 bits per heavy atom. The van der Waals surface area contributed by atoms with Gasteiger partial charge in [-0.15, -0.1) is 0 Å². The lowest BCUT2D eigenvalue weighted by Crippen LogP contribution is -2.32. The van der Waals surface area contributed by atoms with Gasteiger partial charge in [0.2, 0.25) is 0 Å². The van der Waals surface area contributed by atoms with Gasteiger partial charge in [0.25, 0.3) is 5.91 Å². The standard InChI is InChI=1S/C31H18Cl2N2O3/c32-24-13-11-19(15-25(24)33)16-26-31(37)35(30(34-26)21-9-5-2-6-10-21)22-12-14-28-23(17-22)27(36)18-29(38-28)20-7-3-1-4-8-20/h1-18H/b26-16+. The third-order valence-corrected chi connectivity index (χ3v) is 6.91. The minimum Gasteiger partial charge on any atom is -0.456 e. The molecular weight excluding hydrogens is 519 g/mol. The van der Waals surface area contributed by atoms with Crippen molar-refractivity contribution < 1.29 is 9.21 Å². The first-order valence-electron chi connectivity index (χ1n) is 11.8. The van der Waals surface area contributed by atoms with Crippen LogP contribution in [-0.2, 0) is 4.79 Å². The van der Waals surface area contributed by atoms with Crippen LogP contribution < -0.4 is 10.3 Å². The fraction of sp³-hybridized carbons (Fsp3) is 0. The van der Waals surface area contributed by atoms with Crippen molar-refractivity contribution in [3.63, 3.8) is 0 Å². The molecule has 1 aliphatic rings. The van der Waals surface area contributed by atoms with Gasteiger partial charge in [0.1, 0.15) is 22.9 Å². The van der Waals surface area contributed by atoms with Crippen molar-refractivity contribution in [2.75, 3.05) is 4.90 Å². The van der Waals surface area contributed by atoms with Crippen molar-refractivity contribution in [2.24, 2.45) is 4.99 Å². The van der Waals surface area contributed by atoms with Gasteiger partial charge in [0, 0.05) is 17.2 Å². The number of halogens is 2. The van der Waals surface area contributed by atoms with Gasteiger partial charge in [0.05, 0.1) is 21.1 Å². The van der Waals surface area contributed by atoms with Crippen molar-refractivity contribution in [1.82, 2.24) is 0 Å². The van der Waals surface area contributed by atoms with Crippen LogP contribution in [0.25, 0.3) is 28.4 Å². The maximum absolute atomic E-state index is 13.7. The Hall–Kier alpha value is -4.45. The van der Waals surface area contributed by atoms with Gasteiger partial charge in [-0.05, 0) is 42.0 Å². The van der Waals surface area contributed by atoms with E-state index in [9.17, 15) is 9.59 Å². The molecule has 0 unspecified atom stereocenters. The number of hydrogen-bond acceptors (Lipinski definition) is 4. The fourth-order valence-corrected chi connectivity index (χ4v) is 4.63. The zero-order valence-corrected chi connectivity index (χ0v) is 21.3. The zero-order chi connectivity index (χ0) is 26.2. The summed E-state index contributed by atoms with van der Waals surface area (Å²) in [6.07, 6.45) is 1.66. The molecule has 1 aromatic heterocycles. The van der Waals surface area contributed by atoms with Crippen LogP contribution in [0.1, 0.15) is 11.1 Å². The number of amides is 1. The first-order chi connectivity index (χ1) is 18.5. The quantitative estimate of drug-likeness (QED) is 0.222. The first-order valence-corrected chi connectivity index (χ1v) is 12.5. The molecule has 0 N–H and O–H groups in total. The topological polar surface area (TPSA) is 62.9 Å². The third kappa shape index (κ3) is 4.43. The van der Waals surface area contributed by atoms with Gasteiger partial charge in [-0.1, -0.05) is 89.9 Å². The Bertz CT molecular complexity index is 1830. The Kier molecular flexibility index (Phi) is 6.16. The SMILES string of the molecule is O=C1/C(=C\c2ccc(Cl)c(Cl)c2)N=C(c2ccccc2)N1c1ccc2oc(-c3ccccc3)cc(=O)c2c1. The van der Waals surface area contributed by atoms with Crippen LogP contribution in [0, 0.1) is 0 Å². The highest BCUT2D eigenvalue weighted by molar-refractivity contribution is 6.42. The van der Waals surface area contributed by atoms with E-state index in [2.05, 4.69) is 4.99 Å². The summed E-state index contributed by atoms with van der Waals surface area (Å²) in [4.78, 5) is 33.0. The summed E-state index contributed by atoms with van der Waals surface area (Å²) in [5.74, 6) is 0.595. The van der Waals surface area contributed by atoms with Crippen LogP contribution in [0.15, 0.2) is 123 Å².